The van der Waals surface area contributed by atoms with Gasteiger partial charge in [0.2, 0.25) is 0 Å². The molecule has 0 aliphatic heterocycles. The van der Waals surface area contributed by atoms with Crippen molar-refractivity contribution < 1.29 is 14.8 Å². The molecule has 0 radical (unpaired) electrons. The van der Waals surface area contributed by atoms with Crippen LogP contribution in [0, 0.1) is 16.0 Å². The van der Waals surface area contributed by atoms with Gasteiger partial charge in [-0.1, -0.05) is 6.92 Å². The van der Waals surface area contributed by atoms with E-state index in [4.69, 9.17) is 5.11 Å². The maximum Gasteiger partial charge on any atom is 0.283 e. The van der Waals surface area contributed by atoms with Gasteiger partial charge in [0.25, 0.3) is 11.6 Å². The SMILES string of the molecule is CSc1ccc(C(=O)NCC(C)CO)cc1[N+](=O)[O-]. The standard InChI is InChI=1S/C12H16N2O4S/c1-8(7-15)6-13-12(16)9-3-4-11(19-2)10(5-9)14(17)18/h3-5,8,15H,6-7H2,1-2H3,(H,13,16). The van der Waals surface area contributed by atoms with E-state index in [2.05, 4.69) is 5.32 Å². The summed E-state index contributed by atoms with van der Waals surface area (Å²) in [6, 6.07) is 4.38. The number of nitro groups is 1. The van der Waals surface area contributed by atoms with Crippen LogP contribution in [0.4, 0.5) is 5.69 Å². The highest BCUT2D eigenvalue weighted by atomic mass is 32.2. The molecule has 0 aliphatic rings. The summed E-state index contributed by atoms with van der Waals surface area (Å²) >= 11 is 1.26. The average molecular weight is 284 g/mol. The fraction of sp³-hybridized carbons (Fsp3) is 0.417. The Hall–Kier alpha value is -1.60. The van der Waals surface area contributed by atoms with Crippen LogP contribution in [-0.4, -0.2) is 35.3 Å². The molecule has 1 unspecified atom stereocenters. The van der Waals surface area contributed by atoms with E-state index < -0.39 is 4.92 Å². The van der Waals surface area contributed by atoms with Crippen LogP contribution in [0.5, 0.6) is 0 Å². The van der Waals surface area contributed by atoms with E-state index >= 15 is 0 Å². The largest absolute Gasteiger partial charge is 0.396 e. The molecule has 0 aliphatic carbocycles. The third-order valence-electron chi connectivity index (χ3n) is 2.56. The van der Waals surface area contributed by atoms with Crippen LogP contribution < -0.4 is 5.32 Å². The molecular formula is C12H16N2O4S. The van der Waals surface area contributed by atoms with E-state index in [9.17, 15) is 14.9 Å². The number of nitrogens with one attached hydrogen (secondary N) is 1. The predicted molar refractivity (Wildman–Crippen MR) is 73.5 cm³/mol. The Morgan fingerprint density at radius 3 is 2.79 bits per heavy atom. The van der Waals surface area contributed by atoms with Crippen molar-refractivity contribution in [3.8, 4) is 0 Å². The summed E-state index contributed by atoms with van der Waals surface area (Å²) in [7, 11) is 0. The molecule has 0 saturated heterocycles. The molecule has 0 spiro atoms. The molecule has 0 aromatic heterocycles. The average Bonchev–Trinajstić information content (AvgIpc) is 2.43. The molecule has 1 atom stereocenters. The van der Waals surface area contributed by atoms with Crippen molar-refractivity contribution in [1.82, 2.24) is 5.32 Å². The number of amides is 1. The number of nitro benzene ring substituents is 1. The first-order valence-corrected chi connectivity index (χ1v) is 6.93. The van der Waals surface area contributed by atoms with Gasteiger partial charge in [-0.15, -0.1) is 11.8 Å². The second-order valence-electron chi connectivity index (χ2n) is 4.14. The van der Waals surface area contributed by atoms with E-state index in [1.54, 1.807) is 25.3 Å². The normalized spacial score (nSPS) is 11.9. The number of nitrogens with zero attached hydrogens (tertiary/aromatic N) is 1. The Kier molecular flexibility index (Phi) is 5.78. The zero-order chi connectivity index (χ0) is 14.4. The Morgan fingerprint density at radius 1 is 1.58 bits per heavy atom. The van der Waals surface area contributed by atoms with E-state index in [1.165, 1.54) is 17.8 Å². The number of rotatable bonds is 6. The molecule has 6 nitrogen and oxygen atoms in total. The lowest BCUT2D eigenvalue weighted by Gasteiger charge is -2.10. The zero-order valence-corrected chi connectivity index (χ0v) is 11.6. The van der Waals surface area contributed by atoms with E-state index in [1.807, 2.05) is 0 Å². The van der Waals surface area contributed by atoms with Gasteiger partial charge in [-0.05, 0) is 24.3 Å². The maximum atomic E-state index is 11.8. The fourth-order valence-corrected chi connectivity index (χ4v) is 1.95. The lowest BCUT2D eigenvalue weighted by Crippen LogP contribution is -2.29. The highest BCUT2D eigenvalue weighted by Gasteiger charge is 2.17. The van der Waals surface area contributed by atoms with Gasteiger partial charge in [-0.2, -0.15) is 0 Å². The summed E-state index contributed by atoms with van der Waals surface area (Å²) in [6.45, 7) is 2.10. The fourth-order valence-electron chi connectivity index (χ4n) is 1.41. The molecule has 1 aromatic rings. The van der Waals surface area contributed by atoms with Crippen molar-refractivity contribution in [2.45, 2.75) is 11.8 Å². The predicted octanol–water partition coefficient (Wildman–Crippen LogP) is 1.67. The molecule has 19 heavy (non-hydrogen) atoms. The van der Waals surface area contributed by atoms with Gasteiger partial charge in [-0.25, -0.2) is 0 Å². The summed E-state index contributed by atoms with van der Waals surface area (Å²) in [5, 5.41) is 22.4. The van der Waals surface area contributed by atoms with E-state index in [0.29, 0.717) is 11.4 Å². The van der Waals surface area contributed by atoms with Crippen LogP contribution in [0.15, 0.2) is 23.1 Å². The monoisotopic (exact) mass is 284 g/mol. The Balaban J connectivity index is 2.86. The number of aliphatic hydroxyl groups is 1. The minimum Gasteiger partial charge on any atom is -0.396 e. The third kappa shape index (κ3) is 4.22. The molecule has 1 rings (SSSR count). The maximum absolute atomic E-state index is 11.8. The summed E-state index contributed by atoms with van der Waals surface area (Å²) in [4.78, 5) is 22.7. The Morgan fingerprint density at radius 2 is 2.26 bits per heavy atom. The minimum absolute atomic E-state index is 0.0220. The van der Waals surface area contributed by atoms with E-state index in [-0.39, 0.29) is 29.7 Å². The molecule has 0 saturated carbocycles. The second kappa shape index (κ2) is 7.10. The Labute approximate surface area is 115 Å². The van der Waals surface area contributed by atoms with Crippen LogP contribution in [0.25, 0.3) is 0 Å². The first-order valence-electron chi connectivity index (χ1n) is 5.71. The van der Waals surface area contributed by atoms with Crippen molar-refractivity contribution in [2.75, 3.05) is 19.4 Å². The molecule has 7 heteroatoms. The van der Waals surface area contributed by atoms with Gasteiger partial charge in [0.05, 0.1) is 9.82 Å². The van der Waals surface area contributed by atoms with Gasteiger partial charge in [-0.3, -0.25) is 14.9 Å². The highest BCUT2D eigenvalue weighted by Crippen LogP contribution is 2.28. The van der Waals surface area contributed by atoms with Crippen molar-refractivity contribution in [1.29, 1.82) is 0 Å². The topological polar surface area (TPSA) is 92.5 Å². The molecule has 0 bridgehead atoms. The van der Waals surface area contributed by atoms with Crippen molar-refractivity contribution in [2.24, 2.45) is 5.92 Å². The molecule has 1 amide bonds. The van der Waals surface area contributed by atoms with Crippen LogP contribution in [0.3, 0.4) is 0 Å². The van der Waals surface area contributed by atoms with Crippen LogP contribution in [0.2, 0.25) is 0 Å². The number of carbonyl (C=O) groups excluding carboxylic acids is 1. The van der Waals surface area contributed by atoms with Gasteiger partial charge in [0.1, 0.15) is 0 Å². The first-order chi connectivity index (χ1) is 8.99. The quantitative estimate of drug-likeness (QED) is 0.471. The number of hydrogen-bond acceptors (Lipinski definition) is 5. The number of thioether (sulfide) groups is 1. The summed E-state index contributed by atoms with van der Waals surface area (Å²) in [5.74, 6) is -0.430. The lowest BCUT2D eigenvalue weighted by atomic mass is 10.1. The third-order valence-corrected chi connectivity index (χ3v) is 3.35. The number of carbonyl (C=O) groups is 1. The highest BCUT2D eigenvalue weighted by molar-refractivity contribution is 7.98. The molecule has 1 aromatic carbocycles. The van der Waals surface area contributed by atoms with Gasteiger partial charge >= 0.3 is 0 Å². The van der Waals surface area contributed by atoms with Gasteiger partial charge in [0, 0.05) is 24.8 Å². The lowest BCUT2D eigenvalue weighted by molar-refractivity contribution is -0.387. The molecule has 0 fully saturated rings. The molecular weight excluding hydrogens is 268 g/mol. The summed E-state index contributed by atoms with van der Waals surface area (Å²) in [5.41, 5.74) is 0.171. The van der Waals surface area contributed by atoms with Crippen molar-refractivity contribution >= 4 is 23.4 Å². The number of hydrogen-bond donors (Lipinski definition) is 2. The number of benzene rings is 1. The van der Waals surface area contributed by atoms with E-state index in [0.717, 1.165) is 0 Å². The second-order valence-corrected chi connectivity index (χ2v) is 4.99. The minimum atomic E-state index is -0.501. The molecule has 104 valence electrons. The molecule has 2 N–H and O–H groups in total. The summed E-state index contributed by atoms with van der Waals surface area (Å²) in [6.07, 6.45) is 1.74. The summed E-state index contributed by atoms with van der Waals surface area (Å²) < 4.78 is 0. The van der Waals surface area contributed by atoms with Crippen molar-refractivity contribution in [3.63, 3.8) is 0 Å². The zero-order valence-electron chi connectivity index (χ0n) is 10.8. The van der Waals surface area contributed by atoms with Gasteiger partial charge < -0.3 is 10.4 Å². The van der Waals surface area contributed by atoms with Crippen LogP contribution in [-0.2, 0) is 0 Å². The van der Waals surface area contributed by atoms with Crippen LogP contribution >= 0.6 is 11.8 Å². The first kappa shape index (κ1) is 15.5. The smallest absolute Gasteiger partial charge is 0.283 e. The van der Waals surface area contributed by atoms with Gasteiger partial charge in [0.15, 0.2) is 0 Å². The molecule has 0 heterocycles. The van der Waals surface area contributed by atoms with Crippen LogP contribution in [0.1, 0.15) is 17.3 Å². The Bertz CT molecular complexity index is 479. The van der Waals surface area contributed by atoms with Crippen molar-refractivity contribution in [3.05, 3.63) is 33.9 Å². The number of aliphatic hydroxyl groups excluding tert-OH is 1.